The lowest BCUT2D eigenvalue weighted by atomic mass is 10.3. The molecule has 0 saturated carbocycles. The van der Waals surface area contributed by atoms with Crippen LogP contribution < -0.4 is 0 Å². The van der Waals surface area contributed by atoms with Gasteiger partial charge >= 0.3 is 0 Å². The third-order valence-corrected chi connectivity index (χ3v) is 3.44. The molecule has 0 aliphatic carbocycles. The van der Waals surface area contributed by atoms with Crippen LogP contribution in [-0.4, -0.2) is 46.5 Å². The number of amides is 1. The Bertz CT molecular complexity index is 600. The standard InChI is InChI=1S/C14H17N3O2/c1-2-12-15-13(11-5-3-4-6-17(11)12)14(18)16-7-9-19-10-8-16/h3-6H,2,7-10H2,1H3. The number of rotatable bonds is 2. The third kappa shape index (κ3) is 2.10. The minimum Gasteiger partial charge on any atom is -0.378 e. The van der Waals surface area contributed by atoms with Crippen molar-refractivity contribution in [3.8, 4) is 0 Å². The van der Waals surface area contributed by atoms with E-state index < -0.39 is 0 Å². The maximum Gasteiger partial charge on any atom is 0.274 e. The Balaban J connectivity index is 2.02. The number of carbonyl (C=O) groups excluding carboxylic acids is 1. The molecule has 1 fully saturated rings. The first-order valence-corrected chi connectivity index (χ1v) is 6.64. The topological polar surface area (TPSA) is 46.8 Å². The molecule has 1 aliphatic rings. The number of morpholine rings is 1. The van der Waals surface area contributed by atoms with Crippen molar-refractivity contribution in [3.05, 3.63) is 35.9 Å². The molecule has 19 heavy (non-hydrogen) atoms. The van der Waals surface area contributed by atoms with Crippen molar-refractivity contribution in [3.63, 3.8) is 0 Å². The van der Waals surface area contributed by atoms with Gasteiger partial charge in [-0.05, 0) is 12.1 Å². The zero-order valence-corrected chi connectivity index (χ0v) is 11.0. The number of fused-ring (bicyclic) bond motifs is 1. The van der Waals surface area contributed by atoms with Crippen LogP contribution in [0, 0.1) is 0 Å². The number of aromatic nitrogens is 2. The summed E-state index contributed by atoms with van der Waals surface area (Å²) in [5, 5.41) is 0. The van der Waals surface area contributed by atoms with Crippen LogP contribution in [0.5, 0.6) is 0 Å². The van der Waals surface area contributed by atoms with Crippen LogP contribution >= 0.6 is 0 Å². The molecule has 3 heterocycles. The van der Waals surface area contributed by atoms with Crippen molar-refractivity contribution >= 4 is 11.4 Å². The van der Waals surface area contributed by atoms with Gasteiger partial charge in [0.25, 0.3) is 5.91 Å². The van der Waals surface area contributed by atoms with Gasteiger partial charge in [0.1, 0.15) is 5.82 Å². The maximum atomic E-state index is 12.5. The molecule has 0 unspecified atom stereocenters. The molecule has 2 aromatic heterocycles. The van der Waals surface area contributed by atoms with Gasteiger partial charge in [-0.25, -0.2) is 4.98 Å². The molecule has 2 aromatic rings. The first-order chi connectivity index (χ1) is 9.31. The number of aryl methyl sites for hydroxylation is 1. The van der Waals surface area contributed by atoms with Crippen LogP contribution in [0.3, 0.4) is 0 Å². The Morgan fingerprint density at radius 1 is 1.37 bits per heavy atom. The smallest absolute Gasteiger partial charge is 0.274 e. The van der Waals surface area contributed by atoms with Crippen LogP contribution in [0.25, 0.3) is 5.52 Å². The molecule has 1 amide bonds. The highest BCUT2D eigenvalue weighted by Crippen LogP contribution is 2.16. The van der Waals surface area contributed by atoms with Gasteiger partial charge in [0.15, 0.2) is 5.69 Å². The van der Waals surface area contributed by atoms with Gasteiger partial charge in [-0.3, -0.25) is 4.79 Å². The van der Waals surface area contributed by atoms with Crippen LogP contribution in [0.4, 0.5) is 0 Å². The zero-order chi connectivity index (χ0) is 13.2. The van der Waals surface area contributed by atoms with E-state index in [1.807, 2.05) is 40.6 Å². The lowest BCUT2D eigenvalue weighted by molar-refractivity contribution is 0.0300. The van der Waals surface area contributed by atoms with Crippen LogP contribution in [0.15, 0.2) is 24.4 Å². The second-order valence-electron chi connectivity index (χ2n) is 4.59. The SMILES string of the molecule is CCc1nc(C(=O)N2CCOCC2)c2ccccn12. The summed E-state index contributed by atoms with van der Waals surface area (Å²) < 4.78 is 7.27. The zero-order valence-electron chi connectivity index (χ0n) is 11.0. The number of ether oxygens (including phenoxy) is 1. The minimum absolute atomic E-state index is 0.00620. The van der Waals surface area contributed by atoms with Gasteiger partial charge in [-0.1, -0.05) is 13.0 Å². The molecule has 5 heteroatoms. The molecular formula is C14H17N3O2. The summed E-state index contributed by atoms with van der Waals surface area (Å²) in [5.41, 5.74) is 1.44. The Labute approximate surface area is 111 Å². The van der Waals surface area contributed by atoms with E-state index in [0.29, 0.717) is 32.0 Å². The molecule has 0 aromatic carbocycles. The highest BCUT2D eigenvalue weighted by molar-refractivity contribution is 5.99. The van der Waals surface area contributed by atoms with Gasteiger partial charge < -0.3 is 14.0 Å². The van der Waals surface area contributed by atoms with Crippen LogP contribution in [0.2, 0.25) is 0 Å². The van der Waals surface area contributed by atoms with E-state index in [1.54, 1.807) is 0 Å². The van der Waals surface area contributed by atoms with Gasteiger partial charge in [0.2, 0.25) is 0 Å². The molecule has 0 spiro atoms. The predicted octanol–water partition coefficient (Wildman–Crippen LogP) is 1.37. The van der Waals surface area contributed by atoms with Crippen molar-refractivity contribution < 1.29 is 9.53 Å². The van der Waals surface area contributed by atoms with Crippen LogP contribution in [0.1, 0.15) is 23.2 Å². The van der Waals surface area contributed by atoms with E-state index >= 15 is 0 Å². The molecule has 3 rings (SSSR count). The Morgan fingerprint density at radius 2 is 2.16 bits per heavy atom. The second kappa shape index (κ2) is 5.01. The molecule has 1 aliphatic heterocycles. The predicted molar refractivity (Wildman–Crippen MR) is 71.3 cm³/mol. The summed E-state index contributed by atoms with van der Waals surface area (Å²) in [6, 6.07) is 5.84. The Morgan fingerprint density at radius 3 is 2.89 bits per heavy atom. The van der Waals surface area contributed by atoms with Crippen molar-refractivity contribution in [1.82, 2.24) is 14.3 Å². The second-order valence-corrected chi connectivity index (χ2v) is 4.59. The lowest BCUT2D eigenvalue weighted by Gasteiger charge is -2.26. The number of imidazole rings is 1. The Kier molecular flexibility index (Phi) is 3.21. The third-order valence-electron chi connectivity index (χ3n) is 3.44. The fraction of sp³-hybridized carbons (Fsp3) is 0.429. The number of hydrogen-bond donors (Lipinski definition) is 0. The molecule has 5 nitrogen and oxygen atoms in total. The molecule has 0 N–H and O–H groups in total. The van der Waals surface area contributed by atoms with E-state index in [9.17, 15) is 4.79 Å². The largest absolute Gasteiger partial charge is 0.378 e. The average Bonchev–Trinajstić information content (AvgIpc) is 2.86. The number of nitrogens with zero attached hydrogens (tertiary/aromatic N) is 3. The van der Waals surface area contributed by atoms with E-state index in [0.717, 1.165) is 17.8 Å². The van der Waals surface area contributed by atoms with E-state index in [4.69, 9.17) is 4.74 Å². The van der Waals surface area contributed by atoms with Gasteiger partial charge in [0, 0.05) is 25.7 Å². The summed E-state index contributed by atoms with van der Waals surface area (Å²) in [6.07, 6.45) is 2.76. The van der Waals surface area contributed by atoms with Gasteiger partial charge in [-0.15, -0.1) is 0 Å². The normalized spacial score (nSPS) is 15.9. The highest BCUT2D eigenvalue weighted by atomic mass is 16.5. The molecule has 0 radical (unpaired) electrons. The fourth-order valence-corrected chi connectivity index (χ4v) is 2.42. The van der Waals surface area contributed by atoms with Gasteiger partial charge in [0.05, 0.1) is 18.7 Å². The van der Waals surface area contributed by atoms with Crippen LogP contribution in [-0.2, 0) is 11.2 Å². The average molecular weight is 259 g/mol. The summed E-state index contributed by atoms with van der Waals surface area (Å²) in [4.78, 5) is 18.9. The van der Waals surface area contributed by atoms with Crippen molar-refractivity contribution in [1.29, 1.82) is 0 Å². The minimum atomic E-state index is 0.00620. The monoisotopic (exact) mass is 259 g/mol. The molecule has 100 valence electrons. The fourth-order valence-electron chi connectivity index (χ4n) is 2.42. The summed E-state index contributed by atoms with van der Waals surface area (Å²) in [5.74, 6) is 0.930. The van der Waals surface area contributed by atoms with E-state index in [1.165, 1.54) is 0 Å². The molecule has 0 atom stereocenters. The van der Waals surface area contributed by atoms with Crippen molar-refractivity contribution in [2.45, 2.75) is 13.3 Å². The number of pyridine rings is 1. The molecule has 0 bridgehead atoms. The summed E-state index contributed by atoms with van der Waals surface area (Å²) in [7, 11) is 0. The van der Waals surface area contributed by atoms with Crippen molar-refractivity contribution in [2.75, 3.05) is 26.3 Å². The van der Waals surface area contributed by atoms with Gasteiger partial charge in [-0.2, -0.15) is 0 Å². The molecular weight excluding hydrogens is 242 g/mol. The lowest BCUT2D eigenvalue weighted by Crippen LogP contribution is -2.40. The summed E-state index contributed by atoms with van der Waals surface area (Å²) in [6.45, 7) is 4.55. The maximum absolute atomic E-state index is 12.5. The quantitative estimate of drug-likeness (QED) is 0.818. The van der Waals surface area contributed by atoms with E-state index in [-0.39, 0.29) is 5.91 Å². The molecule has 1 saturated heterocycles. The highest BCUT2D eigenvalue weighted by Gasteiger charge is 2.23. The van der Waals surface area contributed by atoms with E-state index in [2.05, 4.69) is 4.98 Å². The number of carbonyl (C=O) groups is 1. The Hall–Kier alpha value is -1.88. The first-order valence-electron chi connectivity index (χ1n) is 6.64. The van der Waals surface area contributed by atoms with Crippen molar-refractivity contribution in [2.24, 2.45) is 0 Å². The first kappa shape index (κ1) is 12.2. The summed E-state index contributed by atoms with van der Waals surface area (Å²) >= 11 is 0. The number of hydrogen-bond acceptors (Lipinski definition) is 3.